The average molecular weight is 328 g/mol. The van der Waals surface area contributed by atoms with Crippen molar-refractivity contribution >= 4 is 29.0 Å². The molecule has 1 aromatic rings. The van der Waals surface area contributed by atoms with Crippen LogP contribution in [0.15, 0.2) is 23.4 Å². The highest BCUT2D eigenvalue weighted by molar-refractivity contribution is 6.32. The second kappa shape index (κ2) is 9.15. The van der Waals surface area contributed by atoms with Crippen LogP contribution in [0.4, 0.5) is 5.69 Å². The van der Waals surface area contributed by atoms with E-state index in [1.165, 1.54) is 7.11 Å². The van der Waals surface area contributed by atoms with E-state index in [4.69, 9.17) is 26.9 Å². The summed E-state index contributed by atoms with van der Waals surface area (Å²) in [6.45, 7) is 3.98. The number of hydrogen-bond donors (Lipinski definition) is 2. The van der Waals surface area contributed by atoms with Crippen LogP contribution in [0.25, 0.3) is 0 Å². The number of nitrogens with one attached hydrogen (secondary N) is 1. The van der Waals surface area contributed by atoms with E-state index in [0.29, 0.717) is 34.6 Å². The van der Waals surface area contributed by atoms with Gasteiger partial charge in [-0.2, -0.15) is 0 Å². The third-order valence-corrected chi connectivity index (χ3v) is 3.09. The lowest BCUT2D eigenvalue weighted by Crippen LogP contribution is -2.19. The second-order valence-electron chi connectivity index (χ2n) is 5.19. The first-order valence-corrected chi connectivity index (χ1v) is 7.38. The lowest BCUT2D eigenvalue weighted by atomic mass is 10.1. The van der Waals surface area contributed by atoms with Crippen molar-refractivity contribution in [3.63, 3.8) is 0 Å². The van der Waals surface area contributed by atoms with Crippen molar-refractivity contribution in [2.75, 3.05) is 19.0 Å². The number of hydrogen-bond acceptors (Lipinski definition) is 4. The van der Waals surface area contributed by atoms with Gasteiger partial charge in [-0.25, -0.2) is 0 Å². The summed E-state index contributed by atoms with van der Waals surface area (Å²) >= 11 is 5.97. The van der Waals surface area contributed by atoms with Gasteiger partial charge in [0, 0.05) is 12.1 Å². The Kier molecular flexibility index (Phi) is 7.52. The van der Waals surface area contributed by atoms with Crippen LogP contribution in [-0.2, 0) is 9.63 Å². The number of benzene rings is 1. The van der Waals surface area contributed by atoms with E-state index < -0.39 is 0 Å². The zero-order valence-corrected chi connectivity index (χ0v) is 13.8. The van der Waals surface area contributed by atoms with Crippen molar-refractivity contribution in [2.45, 2.75) is 26.7 Å². The van der Waals surface area contributed by atoms with E-state index >= 15 is 0 Å². The summed E-state index contributed by atoms with van der Waals surface area (Å²) in [6, 6.07) is 4.95. The van der Waals surface area contributed by atoms with Crippen molar-refractivity contribution in [3.05, 3.63) is 23.2 Å². The third kappa shape index (κ3) is 6.67. The Labute approximate surface area is 135 Å². The molecule has 6 nitrogen and oxygen atoms in total. The van der Waals surface area contributed by atoms with Crippen molar-refractivity contribution in [1.82, 2.24) is 0 Å². The molecule has 0 aliphatic heterocycles. The Hall–Kier alpha value is -1.95. The Bertz CT molecular complexity index is 533. The first-order valence-electron chi connectivity index (χ1n) is 7.00. The summed E-state index contributed by atoms with van der Waals surface area (Å²) in [7, 11) is 1.52. The maximum Gasteiger partial charge on any atom is 0.265 e. The minimum atomic E-state index is -0.346. The SMILES string of the molecule is COc1ccc(NC(=O)CO/N=C(\N)CCC(C)C)cc1Cl. The van der Waals surface area contributed by atoms with Crippen LogP contribution in [0.5, 0.6) is 5.75 Å². The largest absolute Gasteiger partial charge is 0.495 e. The molecule has 7 heteroatoms. The summed E-state index contributed by atoms with van der Waals surface area (Å²) in [5.74, 6) is 1.12. The number of carbonyl (C=O) groups excluding carboxylic acids is 1. The number of amides is 1. The molecule has 0 fully saturated rings. The van der Waals surface area contributed by atoms with E-state index in [0.717, 1.165) is 6.42 Å². The summed E-state index contributed by atoms with van der Waals surface area (Å²) in [6.07, 6.45) is 1.57. The molecule has 1 rings (SSSR count). The Morgan fingerprint density at radius 2 is 2.18 bits per heavy atom. The number of methoxy groups -OCH3 is 1. The number of carbonyl (C=O) groups is 1. The van der Waals surface area contributed by atoms with Gasteiger partial charge in [0.05, 0.1) is 12.1 Å². The molecule has 0 heterocycles. The maximum atomic E-state index is 11.7. The number of amidine groups is 1. The Morgan fingerprint density at radius 3 is 2.77 bits per heavy atom. The van der Waals surface area contributed by atoms with Gasteiger partial charge in [-0.3, -0.25) is 4.79 Å². The molecule has 3 N–H and O–H groups in total. The smallest absolute Gasteiger partial charge is 0.265 e. The Balaban J connectivity index is 2.40. The molecule has 122 valence electrons. The molecule has 0 unspecified atom stereocenters. The van der Waals surface area contributed by atoms with Crippen LogP contribution in [0, 0.1) is 5.92 Å². The minimum absolute atomic E-state index is 0.216. The summed E-state index contributed by atoms with van der Waals surface area (Å²) in [4.78, 5) is 16.6. The molecule has 0 aliphatic rings. The quantitative estimate of drug-likeness (QED) is 0.436. The molecule has 0 saturated carbocycles. The predicted molar refractivity (Wildman–Crippen MR) is 88.3 cm³/mol. The third-order valence-electron chi connectivity index (χ3n) is 2.79. The zero-order chi connectivity index (χ0) is 16.5. The van der Waals surface area contributed by atoms with Gasteiger partial charge >= 0.3 is 0 Å². The van der Waals surface area contributed by atoms with E-state index in [-0.39, 0.29) is 12.5 Å². The number of ether oxygens (including phenoxy) is 1. The first kappa shape index (κ1) is 18.1. The fourth-order valence-electron chi connectivity index (χ4n) is 1.60. The van der Waals surface area contributed by atoms with Gasteiger partial charge in [0.1, 0.15) is 11.6 Å². The van der Waals surface area contributed by atoms with Gasteiger partial charge in [0.25, 0.3) is 5.91 Å². The lowest BCUT2D eigenvalue weighted by Gasteiger charge is -2.08. The average Bonchev–Trinajstić information content (AvgIpc) is 2.45. The molecule has 0 radical (unpaired) electrons. The monoisotopic (exact) mass is 327 g/mol. The number of nitrogens with zero attached hydrogens (tertiary/aromatic N) is 1. The normalized spacial score (nSPS) is 11.4. The summed E-state index contributed by atoms with van der Waals surface area (Å²) in [5, 5.41) is 6.77. The standard InChI is InChI=1S/C15H22ClN3O3/c1-10(2)4-7-14(17)19-22-9-15(20)18-11-5-6-13(21-3)12(16)8-11/h5-6,8,10H,4,7,9H2,1-3H3,(H2,17,19)(H,18,20). The van der Waals surface area contributed by atoms with E-state index in [2.05, 4.69) is 24.3 Å². The number of rotatable bonds is 8. The predicted octanol–water partition coefficient (Wildman–Crippen LogP) is 3.01. The highest BCUT2D eigenvalue weighted by atomic mass is 35.5. The fraction of sp³-hybridized carbons (Fsp3) is 0.467. The number of oxime groups is 1. The molecule has 1 aromatic carbocycles. The topological polar surface area (TPSA) is 85.9 Å². The number of anilines is 1. The molecule has 0 aliphatic carbocycles. The van der Waals surface area contributed by atoms with Gasteiger partial charge in [-0.1, -0.05) is 30.6 Å². The van der Waals surface area contributed by atoms with Gasteiger partial charge in [0.15, 0.2) is 6.61 Å². The van der Waals surface area contributed by atoms with Crippen LogP contribution >= 0.6 is 11.6 Å². The molecule has 1 amide bonds. The van der Waals surface area contributed by atoms with Gasteiger partial charge in [0.2, 0.25) is 0 Å². The van der Waals surface area contributed by atoms with Crippen molar-refractivity contribution in [1.29, 1.82) is 0 Å². The van der Waals surface area contributed by atoms with Crippen LogP contribution in [0.2, 0.25) is 5.02 Å². The van der Waals surface area contributed by atoms with Crippen molar-refractivity contribution in [3.8, 4) is 5.75 Å². The number of halogens is 1. The van der Waals surface area contributed by atoms with Crippen LogP contribution in [-0.4, -0.2) is 25.5 Å². The van der Waals surface area contributed by atoms with E-state index in [1.807, 2.05) is 0 Å². The molecule has 0 bridgehead atoms. The van der Waals surface area contributed by atoms with Gasteiger partial charge < -0.3 is 20.6 Å². The fourth-order valence-corrected chi connectivity index (χ4v) is 1.85. The molecular weight excluding hydrogens is 306 g/mol. The molecule has 0 aromatic heterocycles. The number of nitrogens with two attached hydrogens (primary N) is 1. The van der Waals surface area contributed by atoms with E-state index in [9.17, 15) is 4.79 Å². The van der Waals surface area contributed by atoms with Crippen molar-refractivity contribution in [2.24, 2.45) is 16.8 Å². The zero-order valence-electron chi connectivity index (χ0n) is 13.1. The molecule has 22 heavy (non-hydrogen) atoms. The minimum Gasteiger partial charge on any atom is -0.495 e. The second-order valence-corrected chi connectivity index (χ2v) is 5.59. The molecule has 0 spiro atoms. The highest BCUT2D eigenvalue weighted by Crippen LogP contribution is 2.27. The lowest BCUT2D eigenvalue weighted by molar-refractivity contribution is -0.120. The maximum absolute atomic E-state index is 11.7. The molecule has 0 atom stereocenters. The van der Waals surface area contributed by atoms with Crippen LogP contribution < -0.4 is 15.8 Å². The van der Waals surface area contributed by atoms with Gasteiger partial charge in [-0.05, 0) is 30.5 Å². The van der Waals surface area contributed by atoms with Crippen LogP contribution in [0.1, 0.15) is 26.7 Å². The van der Waals surface area contributed by atoms with E-state index in [1.54, 1.807) is 18.2 Å². The molecular formula is C15H22ClN3O3. The van der Waals surface area contributed by atoms with Gasteiger partial charge in [-0.15, -0.1) is 0 Å². The molecule has 0 saturated heterocycles. The summed E-state index contributed by atoms with van der Waals surface area (Å²) < 4.78 is 5.03. The summed E-state index contributed by atoms with van der Waals surface area (Å²) in [5.41, 5.74) is 6.23. The first-order chi connectivity index (χ1) is 10.4. The Morgan fingerprint density at radius 1 is 1.45 bits per heavy atom. The highest BCUT2D eigenvalue weighted by Gasteiger charge is 2.06. The van der Waals surface area contributed by atoms with Crippen molar-refractivity contribution < 1.29 is 14.4 Å². The van der Waals surface area contributed by atoms with Crippen LogP contribution in [0.3, 0.4) is 0 Å².